The largest absolute Gasteiger partial charge is 1.00 e. The first-order valence-electron chi connectivity index (χ1n) is 5.70. The van der Waals surface area contributed by atoms with Gasteiger partial charge in [-0.25, -0.2) is 0 Å². The minimum absolute atomic E-state index is 0. The van der Waals surface area contributed by atoms with E-state index < -0.39 is 7.26 Å². The molecule has 0 saturated heterocycles. The van der Waals surface area contributed by atoms with Gasteiger partial charge in [-0.1, -0.05) is 20.8 Å². The molecule has 0 unspecified atom stereocenters. The van der Waals surface area contributed by atoms with Gasteiger partial charge in [-0.2, -0.15) is 0 Å². The maximum absolute atomic E-state index is 12.2. The average molecular weight is 253 g/mol. The summed E-state index contributed by atoms with van der Waals surface area (Å²) in [4.78, 5) is 12.2. The van der Waals surface area contributed by atoms with Gasteiger partial charge in [0.05, 0.1) is 25.7 Å². The molecule has 1 nitrogen and oxygen atoms in total. The van der Waals surface area contributed by atoms with Crippen LogP contribution in [0.15, 0.2) is 0 Å². The molecular formula is C12H26ClOP. The van der Waals surface area contributed by atoms with Crippen LogP contribution < -0.4 is 12.4 Å². The number of halogens is 1. The molecule has 92 valence electrons. The molecule has 0 spiro atoms. The van der Waals surface area contributed by atoms with Gasteiger partial charge in [0.1, 0.15) is 0 Å². The van der Waals surface area contributed by atoms with E-state index in [9.17, 15) is 4.79 Å². The van der Waals surface area contributed by atoms with Crippen molar-refractivity contribution < 1.29 is 17.2 Å². The maximum Gasteiger partial charge on any atom is 0.268 e. The molecule has 0 N–H and O–H groups in total. The molecule has 0 aromatic rings. The summed E-state index contributed by atoms with van der Waals surface area (Å²) in [7, 11) is -1.27. The second-order valence-corrected chi connectivity index (χ2v) is 9.91. The molecule has 0 atom stereocenters. The number of hydrogen-bond acceptors (Lipinski definition) is 1. The summed E-state index contributed by atoms with van der Waals surface area (Å²) < 4.78 is 0. The van der Waals surface area contributed by atoms with Crippen LogP contribution in [0.2, 0.25) is 0 Å². The molecule has 15 heavy (non-hydrogen) atoms. The second-order valence-electron chi connectivity index (χ2n) is 5.23. The molecule has 0 aliphatic rings. The van der Waals surface area contributed by atoms with Crippen LogP contribution in [-0.2, 0) is 4.79 Å². The third kappa shape index (κ3) is 5.31. The van der Waals surface area contributed by atoms with Gasteiger partial charge in [-0.15, -0.1) is 0 Å². The Hall–Kier alpha value is 0.390. The molecular weight excluding hydrogens is 227 g/mol. The zero-order valence-electron chi connectivity index (χ0n) is 11.1. The van der Waals surface area contributed by atoms with Gasteiger partial charge in [0, 0.05) is 6.42 Å². The summed E-state index contributed by atoms with van der Waals surface area (Å²) >= 11 is 0. The number of carbonyl (C=O) groups is 1. The molecule has 0 bridgehead atoms. The predicted octanol–water partition coefficient (Wildman–Crippen LogP) is 1.03. The fourth-order valence-electron chi connectivity index (χ4n) is 1.82. The first-order chi connectivity index (χ1) is 6.31. The van der Waals surface area contributed by atoms with E-state index in [0.29, 0.717) is 5.52 Å². The Balaban J connectivity index is 0. The lowest BCUT2D eigenvalue weighted by molar-refractivity contribution is -0.113. The highest BCUT2D eigenvalue weighted by Gasteiger charge is 2.41. The van der Waals surface area contributed by atoms with E-state index >= 15 is 0 Å². The zero-order chi connectivity index (χ0) is 11.4. The minimum Gasteiger partial charge on any atom is -1.00 e. The molecule has 0 aliphatic carbocycles. The maximum atomic E-state index is 12.2. The van der Waals surface area contributed by atoms with Crippen LogP contribution in [0, 0.1) is 5.41 Å². The smallest absolute Gasteiger partial charge is 0.268 e. The SMILES string of the molecule is CC[P+](CC)(CC)C(=O)CC(C)(C)C.[Cl-]. The van der Waals surface area contributed by atoms with E-state index in [-0.39, 0.29) is 17.8 Å². The van der Waals surface area contributed by atoms with Crippen LogP contribution in [-0.4, -0.2) is 24.0 Å². The van der Waals surface area contributed by atoms with E-state index in [4.69, 9.17) is 0 Å². The van der Waals surface area contributed by atoms with Gasteiger partial charge in [-0.05, 0) is 26.2 Å². The fourth-order valence-corrected chi connectivity index (χ4v) is 5.03. The summed E-state index contributed by atoms with van der Waals surface area (Å²) in [5.74, 6) is 0. The van der Waals surface area contributed by atoms with Crippen LogP contribution in [0.4, 0.5) is 0 Å². The Labute approximate surface area is 102 Å². The van der Waals surface area contributed by atoms with Gasteiger partial charge in [0.25, 0.3) is 5.52 Å². The van der Waals surface area contributed by atoms with E-state index in [1.807, 2.05) is 0 Å². The highest BCUT2D eigenvalue weighted by Crippen LogP contribution is 2.60. The first kappa shape index (κ1) is 17.8. The number of hydrogen-bond donors (Lipinski definition) is 0. The van der Waals surface area contributed by atoms with Gasteiger partial charge in [0.2, 0.25) is 0 Å². The topological polar surface area (TPSA) is 17.1 Å². The van der Waals surface area contributed by atoms with Crippen LogP contribution in [0.1, 0.15) is 48.0 Å². The van der Waals surface area contributed by atoms with Crippen molar-refractivity contribution >= 4 is 12.8 Å². The summed E-state index contributed by atoms with van der Waals surface area (Å²) in [6.45, 7) is 13.0. The molecule has 0 aromatic carbocycles. The van der Waals surface area contributed by atoms with Crippen LogP contribution in [0.3, 0.4) is 0 Å². The first-order valence-corrected chi connectivity index (χ1v) is 8.05. The molecule has 0 radical (unpaired) electrons. The molecule has 3 heteroatoms. The third-order valence-electron chi connectivity index (χ3n) is 3.03. The van der Waals surface area contributed by atoms with Gasteiger partial charge in [0.15, 0.2) is 0 Å². The van der Waals surface area contributed by atoms with E-state index in [1.54, 1.807) is 0 Å². The Morgan fingerprint density at radius 1 is 1.00 bits per heavy atom. The standard InChI is InChI=1S/C12H26OP.ClH/c1-7-14(8-2,9-3)11(13)10-12(4,5)6;/h7-10H2,1-6H3;1H/q+1;/p-1. The summed E-state index contributed by atoms with van der Waals surface area (Å²) in [6, 6.07) is 0. The monoisotopic (exact) mass is 252 g/mol. The highest BCUT2D eigenvalue weighted by molar-refractivity contribution is 7.90. The van der Waals surface area contributed by atoms with Crippen molar-refractivity contribution in [3.05, 3.63) is 0 Å². The minimum atomic E-state index is -1.27. The van der Waals surface area contributed by atoms with Crippen molar-refractivity contribution in [1.82, 2.24) is 0 Å². The lowest BCUT2D eigenvalue weighted by Gasteiger charge is -2.25. The van der Waals surface area contributed by atoms with Crippen LogP contribution in [0.5, 0.6) is 0 Å². The number of carbonyl (C=O) groups excluding carboxylic acids is 1. The van der Waals surface area contributed by atoms with Crippen molar-refractivity contribution in [2.45, 2.75) is 48.0 Å². The van der Waals surface area contributed by atoms with Crippen molar-refractivity contribution in [2.75, 3.05) is 18.5 Å². The summed E-state index contributed by atoms with van der Waals surface area (Å²) in [5.41, 5.74) is 0.722. The van der Waals surface area contributed by atoms with Gasteiger partial charge in [-0.3, -0.25) is 4.79 Å². The Morgan fingerprint density at radius 2 is 1.33 bits per heavy atom. The molecule has 0 rings (SSSR count). The molecule has 0 aliphatic heterocycles. The number of rotatable bonds is 5. The van der Waals surface area contributed by atoms with E-state index in [0.717, 1.165) is 24.9 Å². The highest BCUT2D eigenvalue weighted by atomic mass is 35.5. The molecule has 0 amide bonds. The van der Waals surface area contributed by atoms with Crippen LogP contribution >= 0.6 is 7.26 Å². The molecule has 0 heterocycles. The van der Waals surface area contributed by atoms with E-state index in [2.05, 4.69) is 41.5 Å². The quantitative estimate of drug-likeness (QED) is 0.668. The van der Waals surface area contributed by atoms with Crippen molar-refractivity contribution in [3.63, 3.8) is 0 Å². The Bertz CT molecular complexity index is 184. The van der Waals surface area contributed by atoms with Gasteiger partial charge < -0.3 is 12.4 Å². The van der Waals surface area contributed by atoms with Crippen molar-refractivity contribution in [1.29, 1.82) is 0 Å². The summed E-state index contributed by atoms with van der Waals surface area (Å²) in [5, 5.41) is 0. The summed E-state index contributed by atoms with van der Waals surface area (Å²) in [6.07, 6.45) is 4.04. The zero-order valence-corrected chi connectivity index (χ0v) is 12.7. The van der Waals surface area contributed by atoms with Gasteiger partial charge >= 0.3 is 0 Å². The normalized spacial score (nSPS) is 12.1. The Morgan fingerprint density at radius 3 is 1.53 bits per heavy atom. The molecule has 0 fully saturated rings. The van der Waals surface area contributed by atoms with Crippen molar-refractivity contribution in [3.8, 4) is 0 Å². The lowest BCUT2D eigenvalue weighted by atomic mass is 9.93. The third-order valence-corrected chi connectivity index (χ3v) is 7.87. The predicted molar refractivity (Wildman–Crippen MR) is 67.6 cm³/mol. The van der Waals surface area contributed by atoms with Crippen LogP contribution in [0.25, 0.3) is 0 Å². The molecule has 0 saturated carbocycles. The lowest BCUT2D eigenvalue weighted by Crippen LogP contribution is -3.00. The van der Waals surface area contributed by atoms with Crippen molar-refractivity contribution in [2.24, 2.45) is 5.41 Å². The fraction of sp³-hybridized carbons (Fsp3) is 0.917. The van der Waals surface area contributed by atoms with E-state index in [1.165, 1.54) is 0 Å². The molecule has 0 aromatic heterocycles. The Kier molecular flexibility index (Phi) is 8.13. The second kappa shape index (κ2) is 6.86. The average Bonchev–Trinajstić information content (AvgIpc) is 2.05.